The van der Waals surface area contributed by atoms with E-state index < -0.39 is 26.1 Å². The number of rotatable bonds is 5. The summed E-state index contributed by atoms with van der Waals surface area (Å²) in [5.74, 6) is -1.00. The molecule has 1 N–H and O–H groups in total. The van der Waals surface area contributed by atoms with Crippen LogP contribution in [0.25, 0.3) is 0 Å². The second-order valence-corrected chi connectivity index (χ2v) is 8.32. The quantitative estimate of drug-likeness (QED) is 0.732. The molecule has 10 heteroatoms. The highest BCUT2D eigenvalue weighted by molar-refractivity contribution is 8.13. The maximum Gasteiger partial charge on any atom is 0.263 e. The molecule has 142 valence electrons. The molecule has 2 aromatic carbocycles. The van der Waals surface area contributed by atoms with Gasteiger partial charge in [-0.3, -0.25) is 19.3 Å². The van der Waals surface area contributed by atoms with Gasteiger partial charge in [0, 0.05) is 30.1 Å². The molecule has 0 aliphatic carbocycles. The number of para-hydroxylation sites is 1. The summed E-state index contributed by atoms with van der Waals surface area (Å²) in [6, 6.07) is 9.66. The van der Waals surface area contributed by atoms with E-state index in [1.165, 1.54) is 56.3 Å². The summed E-state index contributed by atoms with van der Waals surface area (Å²) >= 11 is 5.48. The van der Waals surface area contributed by atoms with Crippen LogP contribution in [0, 0.1) is 0 Å². The van der Waals surface area contributed by atoms with Gasteiger partial charge in [-0.05, 0) is 41.9 Å². The van der Waals surface area contributed by atoms with E-state index in [0.717, 1.165) is 4.90 Å². The second-order valence-electron chi connectivity index (χ2n) is 5.45. The van der Waals surface area contributed by atoms with Crippen molar-refractivity contribution in [1.82, 2.24) is 0 Å². The summed E-state index contributed by atoms with van der Waals surface area (Å²) in [4.78, 5) is 36.1. The van der Waals surface area contributed by atoms with Crippen LogP contribution in [0.15, 0.2) is 47.4 Å². The van der Waals surface area contributed by atoms with Gasteiger partial charge in [-0.15, -0.1) is 0 Å². The largest absolute Gasteiger partial charge is 0.324 e. The summed E-state index contributed by atoms with van der Waals surface area (Å²) in [6.45, 7) is 2.46. The molecule has 2 rings (SSSR count). The smallest absolute Gasteiger partial charge is 0.263 e. The molecule has 0 unspecified atom stereocenters. The molecule has 0 aliphatic heterocycles. The maximum absolute atomic E-state index is 12.4. The van der Waals surface area contributed by atoms with Crippen molar-refractivity contribution in [3.63, 3.8) is 0 Å². The number of nitrogens with zero attached hydrogens (tertiary/aromatic N) is 1. The highest BCUT2D eigenvalue weighted by Crippen LogP contribution is 2.37. The van der Waals surface area contributed by atoms with Gasteiger partial charge in [0.05, 0.1) is 17.1 Å². The molecule has 2 aromatic rings. The Hall–Kier alpha value is -2.42. The van der Waals surface area contributed by atoms with Crippen LogP contribution in [0.5, 0.6) is 0 Å². The SMILES string of the molecule is CC(=O)Nc1cc(C(=O)Cl)ccc1N(C(C)=O)c1ccccc1S(=O)(=O)Cl. The molecule has 0 bridgehead atoms. The van der Waals surface area contributed by atoms with E-state index in [9.17, 15) is 22.8 Å². The lowest BCUT2D eigenvalue weighted by Gasteiger charge is -2.25. The fourth-order valence-corrected chi connectivity index (χ4v) is 3.62. The molecule has 0 fully saturated rings. The van der Waals surface area contributed by atoms with Crippen LogP contribution in [-0.4, -0.2) is 25.5 Å². The van der Waals surface area contributed by atoms with Gasteiger partial charge < -0.3 is 5.32 Å². The molecule has 7 nitrogen and oxygen atoms in total. The Balaban J connectivity index is 2.78. The third-order valence-electron chi connectivity index (χ3n) is 3.46. The van der Waals surface area contributed by atoms with Gasteiger partial charge in [-0.2, -0.15) is 0 Å². The van der Waals surface area contributed by atoms with Crippen molar-refractivity contribution in [2.75, 3.05) is 10.2 Å². The number of hydrogen-bond acceptors (Lipinski definition) is 5. The van der Waals surface area contributed by atoms with E-state index >= 15 is 0 Å². The van der Waals surface area contributed by atoms with E-state index in [0.29, 0.717) is 0 Å². The van der Waals surface area contributed by atoms with E-state index in [-0.39, 0.29) is 27.5 Å². The molecule has 0 radical (unpaired) electrons. The summed E-state index contributed by atoms with van der Waals surface area (Å²) in [5.41, 5.74) is 0.334. The monoisotopic (exact) mass is 428 g/mol. The van der Waals surface area contributed by atoms with Crippen LogP contribution in [0.3, 0.4) is 0 Å². The first-order chi connectivity index (χ1) is 12.5. The van der Waals surface area contributed by atoms with Crippen molar-refractivity contribution < 1.29 is 22.8 Å². The normalized spacial score (nSPS) is 11.0. The van der Waals surface area contributed by atoms with Gasteiger partial charge in [0.1, 0.15) is 4.90 Å². The Labute approximate surface area is 165 Å². The minimum atomic E-state index is -4.16. The number of nitrogens with one attached hydrogen (secondary N) is 1. The molecule has 0 heterocycles. The Morgan fingerprint density at radius 3 is 2.15 bits per heavy atom. The van der Waals surface area contributed by atoms with Crippen molar-refractivity contribution in [3.8, 4) is 0 Å². The fourth-order valence-electron chi connectivity index (χ4n) is 2.46. The van der Waals surface area contributed by atoms with E-state index in [2.05, 4.69) is 5.32 Å². The van der Waals surface area contributed by atoms with Crippen LogP contribution in [0.4, 0.5) is 17.1 Å². The molecule has 0 aromatic heterocycles. The lowest BCUT2D eigenvalue weighted by atomic mass is 10.1. The molecule has 27 heavy (non-hydrogen) atoms. The van der Waals surface area contributed by atoms with Crippen LogP contribution in [0.2, 0.25) is 0 Å². The van der Waals surface area contributed by atoms with Crippen LogP contribution in [0.1, 0.15) is 24.2 Å². The predicted octanol–water partition coefficient (Wildman–Crippen LogP) is 3.64. The molecule has 2 amide bonds. The van der Waals surface area contributed by atoms with Gasteiger partial charge in [0.15, 0.2) is 0 Å². The average molecular weight is 429 g/mol. The first-order valence-electron chi connectivity index (χ1n) is 7.48. The maximum atomic E-state index is 12.4. The molecule has 0 aliphatic rings. The highest BCUT2D eigenvalue weighted by atomic mass is 35.7. The Morgan fingerprint density at radius 2 is 1.63 bits per heavy atom. The number of halogens is 2. The van der Waals surface area contributed by atoms with Gasteiger partial charge in [-0.1, -0.05) is 12.1 Å². The Bertz CT molecular complexity index is 1040. The highest BCUT2D eigenvalue weighted by Gasteiger charge is 2.25. The number of hydrogen-bond donors (Lipinski definition) is 1. The third-order valence-corrected chi connectivity index (χ3v) is 5.05. The zero-order valence-electron chi connectivity index (χ0n) is 14.2. The molecular formula is C17H14Cl2N2O5S. The summed E-state index contributed by atoms with van der Waals surface area (Å²) in [5, 5.41) is 1.75. The number of benzene rings is 2. The lowest BCUT2D eigenvalue weighted by molar-refractivity contribution is -0.116. The third kappa shape index (κ3) is 4.85. The van der Waals surface area contributed by atoms with Gasteiger partial charge >= 0.3 is 0 Å². The predicted molar refractivity (Wildman–Crippen MR) is 103 cm³/mol. The molecule has 0 atom stereocenters. The van der Waals surface area contributed by atoms with Gasteiger partial charge in [0.2, 0.25) is 11.8 Å². The van der Waals surface area contributed by atoms with Crippen molar-refractivity contribution >= 4 is 65.5 Å². The van der Waals surface area contributed by atoms with E-state index in [4.69, 9.17) is 22.3 Å². The first-order valence-corrected chi connectivity index (χ1v) is 10.2. The molecule has 0 saturated carbocycles. The van der Waals surface area contributed by atoms with Crippen LogP contribution < -0.4 is 10.2 Å². The topological polar surface area (TPSA) is 101 Å². The van der Waals surface area contributed by atoms with Gasteiger partial charge in [0.25, 0.3) is 14.3 Å². The van der Waals surface area contributed by atoms with Gasteiger partial charge in [-0.25, -0.2) is 8.42 Å². The van der Waals surface area contributed by atoms with E-state index in [1.54, 1.807) is 0 Å². The molecule has 0 saturated heterocycles. The van der Waals surface area contributed by atoms with Crippen molar-refractivity contribution in [3.05, 3.63) is 48.0 Å². The Kier molecular flexibility index (Phi) is 6.25. The minimum absolute atomic E-state index is 0.00319. The van der Waals surface area contributed by atoms with Crippen molar-refractivity contribution in [1.29, 1.82) is 0 Å². The second kappa shape index (κ2) is 8.08. The number of anilines is 3. The van der Waals surface area contributed by atoms with Crippen molar-refractivity contribution in [2.24, 2.45) is 0 Å². The van der Waals surface area contributed by atoms with Crippen molar-refractivity contribution in [2.45, 2.75) is 18.7 Å². The standard InChI is InChI=1S/C17H14Cl2N2O5S/c1-10(22)20-13-9-12(17(18)24)7-8-14(13)21(11(2)23)15-5-3-4-6-16(15)27(19,25)26/h3-9H,1-2H3,(H,20,22). The average Bonchev–Trinajstić information content (AvgIpc) is 2.55. The first kappa shape index (κ1) is 20.9. The molecule has 0 spiro atoms. The van der Waals surface area contributed by atoms with E-state index in [1.807, 2.05) is 0 Å². The number of carbonyl (C=O) groups excluding carboxylic acids is 3. The Morgan fingerprint density at radius 1 is 1.00 bits per heavy atom. The summed E-state index contributed by atoms with van der Waals surface area (Å²) in [7, 11) is 1.33. The number of carbonyl (C=O) groups is 3. The molecular weight excluding hydrogens is 415 g/mol. The zero-order valence-corrected chi connectivity index (χ0v) is 16.5. The zero-order chi connectivity index (χ0) is 20.4. The lowest BCUT2D eigenvalue weighted by Crippen LogP contribution is -2.26. The minimum Gasteiger partial charge on any atom is -0.324 e. The number of amides is 2. The van der Waals surface area contributed by atoms with Crippen LogP contribution in [-0.2, 0) is 18.6 Å². The fraction of sp³-hybridized carbons (Fsp3) is 0.118. The van der Waals surface area contributed by atoms with Crippen LogP contribution >= 0.6 is 22.3 Å². The summed E-state index contributed by atoms with van der Waals surface area (Å²) < 4.78 is 23.8. The summed E-state index contributed by atoms with van der Waals surface area (Å²) in [6.07, 6.45) is 0.